The van der Waals surface area contributed by atoms with Crippen molar-refractivity contribution in [3.63, 3.8) is 0 Å². The quantitative estimate of drug-likeness (QED) is 0.787. The van der Waals surface area contributed by atoms with Gasteiger partial charge in [-0.15, -0.1) is 11.3 Å². The van der Waals surface area contributed by atoms with Crippen molar-refractivity contribution in [2.45, 2.75) is 6.42 Å². The first-order valence-electron chi connectivity index (χ1n) is 7.27. The fourth-order valence-electron chi connectivity index (χ4n) is 2.88. The smallest absolute Gasteiger partial charge is 0.264 e. The van der Waals surface area contributed by atoms with Crippen LogP contribution in [-0.4, -0.2) is 33.9 Å². The third-order valence-corrected chi connectivity index (χ3v) is 4.88. The fraction of sp³-hybridized carbons (Fsp3) is 0.176. The van der Waals surface area contributed by atoms with Crippen LogP contribution in [-0.2, 0) is 0 Å². The number of H-pyrrole nitrogens is 1. The Balaban J connectivity index is 1.58. The van der Waals surface area contributed by atoms with Gasteiger partial charge in [0.25, 0.3) is 5.91 Å². The van der Waals surface area contributed by atoms with Crippen LogP contribution < -0.4 is 0 Å². The summed E-state index contributed by atoms with van der Waals surface area (Å²) in [5, 5.41) is 3.09. The number of thiophene rings is 1. The van der Waals surface area contributed by atoms with Gasteiger partial charge in [0.1, 0.15) is 5.65 Å². The monoisotopic (exact) mass is 309 g/mol. The molecule has 1 aliphatic heterocycles. The van der Waals surface area contributed by atoms with Gasteiger partial charge in [-0.3, -0.25) is 4.79 Å². The Morgan fingerprint density at radius 3 is 3.05 bits per heavy atom. The lowest BCUT2D eigenvalue weighted by molar-refractivity contribution is 0.0777. The van der Waals surface area contributed by atoms with E-state index in [1.807, 2.05) is 34.7 Å². The molecule has 110 valence electrons. The molecular weight excluding hydrogens is 294 g/mol. The van der Waals surface area contributed by atoms with Crippen molar-refractivity contribution in [2.24, 2.45) is 0 Å². The molecule has 0 aromatic carbocycles. The van der Waals surface area contributed by atoms with Crippen LogP contribution in [0.15, 0.2) is 48.1 Å². The number of hydrogen-bond donors (Lipinski definition) is 1. The molecule has 0 radical (unpaired) electrons. The number of rotatable bonds is 2. The Hall–Kier alpha value is -2.40. The van der Waals surface area contributed by atoms with Gasteiger partial charge in [-0.25, -0.2) is 4.98 Å². The minimum atomic E-state index is 0.130. The zero-order chi connectivity index (χ0) is 14.9. The van der Waals surface area contributed by atoms with Crippen LogP contribution in [0.2, 0.25) is 0 Å². The summed E-state index contributed by atoms with van der Waals surface area (Å²) >= 11 is 1.50. The molecule has 0 bridgehead atoms. The summed E-state index contributed by atoms with van der Waals surface area (Å²) in [5.41, 5.74) is 3.40. The molecule has 0 aliphatic carbocycles. The molecule has 0 saturated heterocycles. The highest BCUT2D eigenvalue weighted by Gasteiger charge is 2.21. The van der Waals surface area contributed by atoms with Gasteiger partial charge in [-0.1, -0.05) is 12.1 Å². The molecule has 4 nitrogen and oxygen atoms in total. The van der Waals surface area contributed by atoms with E-state index in [9.17, 15) is 4.79 Å². The van der Waals surface area contributed by atoms with Crippen LogP contribution in [0.4, 0.5) is 0 Å². The summed E-state index contributed by atoms with van der Waals surface area (Å²) in [7, 11) is 0. The molecule has 0 spiro atoms. The number of fused-ring (bicyclic) bond motifs is 1. The molecule has 1 aliphatic rings. The Labute approximate surface area is 132 Å². The van der Waals surface area contributed by atoms with Crippen LogP contribution in [0.5, 0.6) is 0 Å². The number of pyridine rings is 1. The van der Waals surface area contributed by atoms with Crippen molar-refractivity contribution >= 4 is 33.9 Å². The van der Waals surface area contributed by atoms with Crippen molar-refractivity contribution < 1.29 is 4.79 Å². The minimum absolute atomic E-state index is 0.130. The molecule has 4 heterocycles. The SMILES string of the molecule is O=C(c1cccs1)N1CC=C(c2c[nH]c3ncccc23)CC1. The molecule has 0 fully saturated rings. The molecule has 3 aromatic heterocycles. The summed E-state index contributed by atoms with van der Waals surface area (Å²) in [5.74, 6) is 0.130. The first-order chi connectivity index (χ1) is 10.8. The van der Waals surface area contributed by atoms with E-state index in [-0.39, 0.29) is 5.91 Å². The highest BCUT2D eigenvalue weighted by atomic mass is 32.1. The van der Waals surface area contributed by atoms with Gasteiger partial charge in [0.2, 0.25) is 0 Å². The van der Waals surface area contributed by atoms with Crippen LogP contribution in [0.25, 0.3) is 16.6 Å². The lowest BCUT2D eigenvalue weighted by atomic mass is 9.99. The van der Waals surface area contributed by atoms with Crippen LogP contribution in [0.1, 0.15) is 21.7 Å². The minimum Gasteiger partial charge on any atom is -0.346 e. The molecule has 0 atom stereocenters. The zero-order valence-corrected chi connectivity index (χ0v) is 12.8. The molecule has 5 heteroatoms. The Morgan fingerprint density at radius 1 is 1.32 bits per heavy atom. The van der Waals surface area contributed by atoms with E-state index in [0.717, 1.165) is 28.9 Å². The summed E-state index contributed by atoms with van der Waals surface area (Å²) in [6.45, 7) is 1.43. The van der Waals surface area contributed by atoms with E-state index < -0.39 is 0 Å². The van der Waals surface area contributed by atoms with Crippen molar-refractivity contribution in [1.29, 1.82) is 0 Å². The van der Waals surface area contributed by atoms with E-state index in [4.69, 9.17) is 0 Å². The third kappa shape index (κ3) is 2.23. The second-order valence-corrected chi connectivity index (χ2v) is 6.26. The second-order valence-electron chi connectivity index (χ2n) is 5.31. The van der Waals surface area contributed by atoms with Crippen LogP contribution >= 0.6 is 11.3 Å². The highest BCUT2D eigenvalue weighted by Crippen LogP contribution is 2.28. The zero-order valence-electron chi connectivity index (χ0n) is 12.0. The van der Waals surface area contributed by atoms with Crippen molar-refractivity contribution in [2.75, 3.05) is 13.1 Å². The van der Waals surface area contributed by atoms with Gasteiger partial charge in [-0.2, -0.15) is 0 Å². The number of nitrogens with one attached hydrogen (secondary N) is 1. The van der Waals surface area contributed by atoms with Gasteiger partial charge >= 0.3 is 0 Å². The lowest BCUT2D eigenvalue weighted by Gasteiger charge is -2.26. The standard InChI is InChI=1S/C17H15N3OS/c21-17(15-4-2-10-22-15)20-8-5-12(6-9-20)14-11-19-16-13(14)3-1-7-18-16/h1-5,7,10-11H,6,8-9H2,(H,18,19). The number of aromatic amines is 1. The fourth-order valence-corrected chi connectivity index (χ4v) is 3.57. The Bertz CT molecular complexity index is 848. The molecular formula is C17H15N3OS. The van der Waals surface area contributed by atoms with Gasteiger partial charge in [0, 0.05) is 36.4 Å². The van der Waals surface area contributed by atoms with Gasteiger partial charge < -0.3 is 9.88 Å². The van der Waals surface area contributed by atoms with Gasteiger partial charge in [-0.05, 0) is 35.6 Å². The van der Waals surface area contributed by atoms with Crippen LogP contribution in [0, 0.1) is 0 Å². The second kappa shape index (κ2) is 5.42. The summed E-state index contributed by atoms with van der Waals surface area (Å²) in [6, 6.07) is 7.84. The molecule has 1 amide bonds. The highest BCUT2D eigenvalue weighted by molar-refractivity contribution is 7.12. The summed E-state index contributed by atoms with van der Waals surface area (Å²) < 4.78 is 0. The molecule has 4 rings (SSSR count). The molecule has 1 N–H and O–H groups in total. The van der Waals surface area contributed by atoms with E-state index >= 15 is 0 Å². The molecule has 0 saturated carbocycles. The van der Waals surface area contributed by atoms with E-state index in [1.54, 1.807) is 6.20 Å². The van der Waals surface area contributed by atoms with Gasteiger partial charge in [0.15, 0.2) is 0 Å². The Kier molecular flexibility index (Phi) is 3.27. The van der Waals surface area contributed by atoms with Crippen molar-refractivity contribution in [3.8, 4) is 0 Å². The number of nitrogens with zero attached hydrogens (tertiary/aromatic N) is 2. The first-order valence-corrected chi connectivity index (χ1v) is 8.15. The van der Waals surface area contributed by atoms with Crippen molar-refractivity contribution in [3.05, 3.63) is 58.6 Å². The average Bonchev–Trinajstić information content (AvgIpc) is 3.24. The molecule has 22 heavy (non-hydrogen) atoms. The van der Waals surface area contributed by atoms with Gasteiger partial charge in [0.05, 0.1) is 4.88 Å². The summed E-state index contributed by atoms with van der Waals surface area (Å²) in [4.78, 5) is 22.6. The number of carbonyl (C=O) groups is 1. The predicted octanol–water partition coefficient (Wildman–Crippen LogP) is 3.55. The first kappa shape index (κ1) is 13.3. The van der Waals surface area contributed by atoms with Crippen molar-refractivity contribution in [1.82, 2.24) is 14.9 Å². The third-order valence-electron chi connectivity index (χ3n) is 4.03. The summed E-state index contributed by atoms with van der Waals surface area (Å²) in [6.07, 6.45) is 6.84. The lowest BCUT2D eigenvalue weighted by Crippen LogP contribution is -2.34. The maximum Gasteiger partial charge on any atom is 0.264 e. The Morgan fingerprint density at radius 2 is 2.27 bits per heavy atom. The topological polar surface area (TPSA) is 49.0 Å². The molecule has 3 aromatic rings. The number of hydrogen-bond acceptors (Lipinski definition) is 3. The maximum absolute atomic E-state index is 12.4. The largest absolute Gasteiger partial charge is 0.346 e. The van der Waals surface area contributed by atoms with E-state index in [2.05, 4.69) is 22.1 Å². The number of amides is 1. The molecule has 0 unspecified atom stereocenters. The van der Waals surface area contributed by atoms with E-state index in [1.165, 1.54) is 22.5 Å². The number of aromatic nitrogens is 2. The number of carbonyl (C=O) groups excluding carboxylic acids is 1. The van der Waals surface area contributed by atoms with Crippen LogP contribution in [0.3, 0.4) is 0 Å². The predicted molar refractivity (Wildman–Crippen MR) is 88.9 cm³/mol. The maximum atomic E-state index is 12.4. The average molecular weight is 309 g/mol. The normalized spacial score (nSPS) is 15.1. The van der Waals surface area contributed by atoms with E-state index in [0.29, 0.717) is 6.54 Å².